The van der Waals surface area contributed by atoms with Gasteiger partial charge in [-0.2, -0.15) is 5.26 Å². The van der Waals surface area contributed by atoms with Crippen LogP contribution < -0.4 is 5.32 Å². The van der Waals surface area contributed by atoms with Gasteiger partial charge in [0.25, 0.3) is 5.91 Å². The third kappa shape index (κ3) is 5.18. The van der Waals surface area contributed by atoms with Crippen molar-refractivity contribution in [3.05, 3.63) is 94.1 Å². The van der Waals surface area contributed by atoms with E-state index in [0.717, 1.165) is 35.3 Å². The highest BCUT2D eigenvalue weighted by Crippen LogP contribution is 2.42. The Bertz CT molecular complexity index is 1440. The number of nitrogens with one attached hydrogen (secondary N) is 2. The molecule has 2 aromatic carbocycles. The average molecular weight is 511 g/mol. The Morgan fingerprint density at radius 3 is 2.68 bits per heavy atom. The molecule has 2 atom stereocenters. The van der Waals surface area contributed by atoms with Gasteiger partial charge in [-0.25, -0.2) is 9.78 Å². The number of aromatic amines is 1. The number of ether oxygens (including phenoxy) is 1. The number of amides is 1. The van der Waals surface area contributed by atoms with Crippen LogP contribution in [0.5, 0.6) is 0 Å². The van der Waals surface area contributed by atoms with Crippen LogP contribution in [0.2, 0.25) is 0 Å². The van der Waals surface area contributed by atoms with E-state index >= 15 is 0 Å². The van der Waals surface area contributed by atoms with Crippen LogP contribution in [-0.4, -0.2) is 27.9 Å². The first kappa shape index (κ1) is 24.5. The Labute approximate surface area is 219 Å². The van der Waals surface area contributed by atoms with Crippen molar-refractivity contribution in [3.8, 4) is 17.5 Å². The van der Waals surface area contributed by atoms with Crippen LogP contribution in [0.15, 0.2) is 67.0 Å². The van der Waals surface area contributed by atoms with Gasteiger partial charge >= 0.3 is 5.97 Å². The molecule has 7 nitrogen and oxygen atoms in total. The summed E-state index contributed by atoms with van der Waals surface area (Å²) in [7, 11) is 0. The predicted octanol–water partition coefficient (Wildman–Crippen LogP) is 5.86. The molecule has 0 radical (unpaired) electrons. The molecule has 1 amide bonds. The van der Waals surface area contributed by atoms with Crippen molar-refractivity contribution in [2.24, 2.45) is 0 Å². The van der Waals surface area contributed by atoms with Crippen molar-refractivity contribution in [2.45, 2.75) is 44.6 Å². The second-order valence-corrected chi connectivity index (χ2v) is 10.1. The second-order valence-electron chi connectivity index (χ2n) is 8.98. The van der Waals surface area contributed by atoms with E-state index in [2.05, 4.69) is 33.5 Å². The molecule has 186 valence electrons. The fraction of sp³-hybridized carbons (Fsp3) is 0.241. The number of nitrogens with zero attached hydrogens (tertiary/aromatic N) is 2. The first-order valence-corrected chi connectivity index (χ1v) is 13.1. The summed E-state index contributed by atoms with van der Waals surface area (Å²) in [6, 6.07) is 19.5. The lowest BCUT2D eigenvalue weighted by molar-refractivity contribution is -0.124. The van der Waals surface area contributed by atoms with E-state index in [1.165, 1.54) is 16.9 Å². The smallest absolute Gasteiger partial charge is 0.338 e. The van der Waals surface area contributed by atoms with Crippen LogP contribution in [0.3, 0.4) is 0 Å². The van der Waals surface area contributed by atoms with Crippen LogP contribution in [-0.2, 0) is 22.4 Å². The summed E-state index contributed by atoms with van der Waals surface area (Å²) >= 11 is 1.45. The quantitative estimate of drug-likeness (QED) is 0.303. The van der Waals surface area contributed by atoms with Gasteiger partial charge in [-0.15, -0.1) is 11.3 Å². The van der Waals surface area contributed by atoms with Crippen LogP contribution in [0.1, 0.15) is 57.6 Å². The number of fused-ring (bicyclic) bond motifs is 1. The molecular formula is C29H26N4O3S. The Morgan fingerprint density at radius 2 is 2.00 bits per heavy atom. The van der Waals surface area contributed by atoms with Crippen LogP contribution in [0, 0.1) is 11.3 Å². The van der Waals surface area contributed by atoms with Crippen LogP contribution in [0.25, 0.3) is 11.4 Å². The van der Waals surface area contributed by atoms with Gasteiger partial charge in [-0.05, 0) is 54.9 Å². The zero-order valence-corrected chi connectivity index (χ0v) is 21.2. The fourth-order valence-corrected chi connectivity index (χ4v) is 5.98. The van der Waals surface area contributed by atoms with Gasteiger partial charge < -0.3 is 15.0 Å². The normalized spacial score (nSPS) is 15.3. The van der Waals surface area contributed by atoms with E-state index in [0.29, 0.717) is 34.3 Å². The molecule has 8 heteroatoms. The number of nitriles is 1. The molecular weight excluding hydrogens is 484 g/mol. The molecule has 0 fully saturated rings. The van der Waals surface area contributed by atoms with Gasteiger partial charge in [0.2, 0.25) is 0 Å². The summed E-state index contributed by atoms with van der Waals surface area (Å²) in [4.78, 5) is 34.2. The lowest BCUT2D eigenvalue weighted by Crippen LogP contribution is -2.32. The first-order chi connectivity index (χ1) is 18.1. The number of esters is 1. The molecule has 2 unspecified atom stereocenters. The zero-order chi connectivity index (χ0) is 25.8. The molecule has 0 spiro atoms. The number of carbonyl (C=O) groups excluding carboxylic acids is 2. The number of hydrogen-bond acceptors (Lipinski definition) is 6. The Balaban J connectivity index is 1.27. The van der Waals surface area contributed by atoms with Crippen molar-refractivity contribution in [2.75, 3.05) is 5.32 Å². The monoisotopic (exact) mass is 510 g/mol. The molecule has 37 heavy (non-hydrogen) atoms. The molecule has 2 heterocycles. The number of hydrogen-bond donors (Lipinski definition) is 2. The van der Waals surface area contributed by atoms with Crippen molar-refractivity contribution in [1.29, 1.82) is 5.26 Å². The Morgan fingerprint density at radius 1 is 1.22 bits per heavy atom. The van der Waals surface area contributed by atoms with Crippen molar-refractivity contribution in [3.63, 3.8) is 0 Å². The number of imidazole rings is 1. The topological polar surface area (TPSA) is 108 Å². The highest BCUT2D eigenvalue weighted by molar-refractivity contribution is 7.16. The van der Waals surface area contributed by atoms with Gasteiger partial charge in [0, 0.05) is 22.8 Å². The number of anilines is 1. The maximum absolute atomic E-state index is 13.1. The molecule has 2 aromatic heterocycles. The van der Waals surface area contributed by atoms with E-state index in [1.807, 2.05) is 18.2 Å². The molecule has 4 aromatic rings. The second kappa shape index (κ2) is 10.8. The van der Waals surface area contributed by atoms with Gasteiger partial charge in [0.1, 0.15) is 16.9 Å². The fourth-order valence-electron chi connectivity index (χ4n) is 4.70. The van der Waals surface area contributed by atoms with E-state index in [4.69, 9.17) is 4.74 Å². The molecule has 0 aliphatic heterocycles. The van der Waals surface area contributed by atoms with Crippen molar-refractivity contribution < 1.29 is 14.3 Å². The maximum atomic E-state index is 13.1. The minimum atomic E-state index is -0.972. The number of aromatic nitrogens is 2. The van der Waals surface area contributed by atoms with Crippen molar-refractivity contribution >= 4 is 28.2 Å². The van der Waals surface area contributed by atoms with Crippen LogP contribution in [0.4, 0.5) is 5.00 Å². The van der Waals surface area contributed by atoms with E-state index < -0.39 is 18.0 Å². The van der Waals surface area contributed by atoms with E-state index in [9.17, 15) is 14.9 Å². The number of carbonyl (C=O) groups is 2. The van der Waals surface area contributed by atoms with E-state index in [1.54, 1.807) is 43.6 Å². The minimum absolute atomic E-state index is 0.311. The molecule has 0 bridgehead atoms. The summed E-state index contributed by atoms with van der Waals surface area (Å²) in [5, 5.41) is 13.3. The van der Waals surface area contributed by atoms with Gasteiger partial charge in [-0.1, -0.05) is 49.4 Å². The summed E-state index contributed by atoms with van der Waals surface area (Å²) < 4.78 is 5.55. The Kier molecular flexibility index (Phi) is 7.15. The largest absolute Gasteiger partial charge is 0.449 e. The number of rotatable bonds is 7. The first-order valence-electron chi connectivity index (χ1n) is 12.3. The lowest BCUT2D eigenvalue weighted by Gasteiger charge is -2.22. The lowest BCUT2D eigenvalue weighted by atomic mass is 9.83. The van der Waals surface area contributed by atoms with Gasteiger partial charge in [0.05, 0.1) is 11.1 Å². The number of H-pyrrole nitrogens is 1. The molecule has 2 N–H and O–H groups in total. The zero-order valence-electron chi connectivity index (χ0n) is 20.4. The summed E-state index contributed by atoms with van der Waals surface area (Å²) in [6.07, 6.45) is 5.32. The van der Waals surface area contributed by atoms with Crippen LogP contribution >= 0.6 is 11.3 Å². The Hall–Kier alpha value is -4.22. The predicted molar refractivity (Wildman–Crippen MR) is 142 cm³/mol. The number of benzene rings is 2. The third-order valence-corrected chi connectivity index (χ3v) is 7.86. The minimum Gasteiger partial charge on any atom is -0.449 e. The van der Waals surface area contributed by atoms with E-state index in [-0.39, 0.29) is 0 Å². The summed E-state index contributed by atoms with van der Waals surface area (Å²) in [6.45, 7) is 1.78. The van der Waals surface area contributed by atoms with Crippen molar-refractivity contribution in [1.82, 2.24) is 9.97 Å². The van der Waals surface area contributed by atoms with Gasteiger partial charge in [-0.3, -0.25) is 4.79 Å². The number of thiophene rings is 1. The highest BCUT2D eigenvalue weighted by Gasteiger charge is 2.29. The molecule has 1 aliphatic carbocycles. The third-order valence-electron chi connectivity index (χ3n) is 6.69. The summed E-state index contributed by atoms with van der Waals surface area (Å²) in [5.74, 6) is 0.0844. The van der Waals surface area contributed by atoms with Gasteiger partial charge in [0.15, 0.2) is 6.10 Å². The molecule has 5 rings (SSSR count). The maximum Gasteiger partial charge on any atom is 0.338 e. The standard InChI is InChI=1S/C29H26N4O3S/c1-2-24(36-29(35)20-10-8-19(9-11-20)26-31-14-15-32-26)27(34)33-28-23(17-30)22-13-12-21(16-25(22)37-28)18-6-4-3-5-7-18/h3-11,14-15,21,24H,2,12-13,16H2,1H3,(H,31,32)(H,33,34). The molecule has 0 saturated carbocycles. The average Bonchev–Trinajstić information content (AvgIpc) is 3.59. The molecule has 0 saturated heterocycles. The summed E-state index contributed by atoms with van der Waals surface area (Å²) in [5.41, 5.74) is 4.02. The highest BCUT2D eigenvalue weighted by atomic mass is 32.1. The SMILES string of the molecule is CCC(OC(=O)c1ccc(-c2ncc[nH]2)cc1)C(=O)Nc1sc2c(c1C#N)CCC(c1ccccc1)C2. The molecule has 1 aliphatic rings.